The summed E-state index contributed by atoms with van der Waals surface area (Å²) in [5, 5.41) is 0. The standard InChI is InChI=1S/C12H27NOS2Si/c1-14-12(17(2)3)9-10-15-16-13-11-7-5-4-6-8-11/h11-13,17H,4-10H2,1-3H3. The van der Waals surface area contributed by atoms with E-state index in [9.17, 15) is 0 Å². The monoisotopic (exact) mass is 293 g/mol. The Morgan fingerprint density at radius 3 is 2.59 bits per heavy atom. The Kier molecular flexibility index (Phi) is 9.09. The van der Waals surface area contributed by atoms with Gasteiger partial charge in [-0.05, 0) is 30.2 Å². The van der Waals surface area contributed by atoms with Gasteiger partial charge in [-0.1, -0.05) is 43.2 Å². The molecule has 0 bridgehead atoms. The van der Waals surface area contributed by atoms with Crippen molar-refractivity contribution in [3.05, 3.63) is 0 Å². The third-order valence-corrected chi connectivity index (χ3v) is 7.60. The molecular formula is C12H27NOS2Si. The van der Waals surface area contributed by atoms with Gasteiger partial charge in [-0.25, -0.2) is 0 Å². The molecule has 17 heavy (non-hydrogen) atoms. The Morgan fingerprint density at radius 2 is 2.00 bits per heavy atom. The van der Waals surface area contributed by atoms with Gasteiger partial charge in [0.1, 0.15) is 0 Å². The summed E-state index contributed by atoms with van der Waals surface area (Å²) in [4.78, 5) is 0. The van der Waals surface area contributed by atoms with Crippen molar-refractivity contribution in [3.63, 3.8) is 0 Å². The van der Waals surface area contributed by atoms with Gasteiger partial charge in [0.05, 0.1) is 8.80 Å². The molecule has 1 rings (SSSR count). The molecule has 1 fully saturated rings. The van der Waals surface area contributed by atoms with Gasteiger partial charge in [0, 0.05) is 24.6 Å². The lowest BCUT2D eigenvalue weighted by molar-refractivity contribution is 0.159. The quantitative estimate of drug-likeness (QED) is 0.319. The van der Waals surface area contributed by atoms with Crippen molar-refractivity contribution in [1.82, 2.24) is 4.72 Å². The predicted octanol–water partition coefficient (Wildman–Crippen LogP) is 3.64. The van der Waals surface area contributed by atoms with Crippen molar-refractivity contribution in [3.8, 4) is 0 Å². The maximum atomic E-state index is 5.53. The van der Waals surface area contributed by atoms with Gasteiger partial charge >= 0.3 is 0 Å². The molecule has 0 amide bonds. The van der Waals surface area contributed by atoms with Crippen molar-refractivity contribution in [2.45, 2.75) is 63.4 Å². The van der Waals surface area contributed by atoms with Crippen LogP contribution in [-0.4, -0.2) is 33.4 Å². The minimum Gasteiger partial charge on any atom is -0.385 e. The van der Waals surface area contributed by atoms with Gasteiger partial charge in [-0.2, -0.15) is 0 Å². The molecule has 1 atom stereocenters. The number of methoxy groups -OCH3 is 1. The molecule has 1 unspecified atom stereocenters. The molecule has 5 heteroatoms. The van der Waals surface area contributed by atoms with Crippen LogP contribution in [0.3, 0.4) is 0 Å². The molecule has 0 aromatic rings. The molecular weight excluding hydrogens is 266 g/mol. The van der Waals surface area contributed by atoms with Gasteiger partial charge in [0.15, 0.2) is 0 Å². The SMILES string of the molecule is COC(CCSSNC1CCCCC1)[SiH](C)C. The van der Waals surface area contributed by atoms with Crippen LogP contribution >= 0.6 is 21.8 Å². The fraction of sp³-hybridized carbons (Fsp3) is 1.00. The zero-order valence-corrected chi connectivity index (χ0v) is 14.2. The van der Waals surface area contributed by atoms with E-state index in [2.05, 4.69) is 17.8 Å². The maximum Gasteiger partial charge on any atom is 0.0656 e. The Labute approximate surface area is 116 Å². The lowest BCUT2D eigenvalue weighted by atomic mass is 9.96. The molecule has 2 nitrogen and oxygen atoms in total. The van der Waals surface area contributed by atoms with E-state index >= 15 is 0 Å². The molecule has 0 aromatic carbocycles. The highest BCUT2D eigenvalue weighted by Crippen LogP contribution is 2.25. The molecule has 0 aromatic heterocycles. The Morgan fingerprint density at radius 1 is 1.29 bits per heavy atom. The van der Waals surface area contributed by atoms with Crippen LogP contribution in [0.2, 0.25) is 13.1 Å². The molecule has 102 valence electrons. The van der Waals surface area contributed by atoms with Crippen LogP contribution in [0.25, 0.3) is 0 Å². The Hall–Kier alpha value is 0.837. The molecule has 1 aliphatic rings. The smallest absolute Gasteiger partial charge is 0.0656 e. The lowest BCUT2D eigenvalue weighted by Gasteiger charge is -2.22. The summed E-state index contributed by atoms with van der Waals surface area (Å²) in [5.74, 6) is 1.20. The summed E-state index contributed by atoms with van der Waals surface area (Å²) < 4.78 is 9.12. The fourth-order valence-corrected chi connectivity index (χ4v) is 5.87. The number of hydrogen-bond acceptors (Lipinski definition) is 4. The fourth-order valence-electron chi connectivity index (χ4n) is 2.25. The third-order valence-electron chi connectivity index (χ3n) is 3.41. The van der Waals surface area contributed by atoms with E-state index in [4.69, 9.17) is 4.74 Å². The maximum absolute atomic E-state index is 5.53. The second-order valence-electron chi connectivity index (χ2n) is 5.16. The number of hydrogen-bond donors (Lipinski definition) is 1. The van der Waals surface area contributed by atoms with Crippen molar-refractivity contribution < 1.29 is 4.74 Å². The van der Waals surface area contributed by atoms with Gasteiger partial charge in [0.2, 0.25) is 0 Å². The van der Waals surface area contributed by atoms with E-state index in [-0.39, 0.29) is 0 Å². The van der Waals surface area contributed by atoms with E-state index in [0.717, 1.165) is 6.04 Å². The van der Waals surface area contributed by atoms with Crippen LogP contribution < -0.4 is 4.72 Å². The first kappa shape index (κ1) is 15.9. The van der Waals surface area contributed by atoms with Gasteiger partial charge in [-0.3, -0.25) is 4.72 Å². The highest BCUT2D eigenvalue weighted by molar-refractivity contribution is 8.76. The normalized spacial score (nSPS) is 19.8. The highest BCUT2D eigenvalue weighted by atomic mass is 33.1. The van der Waals surface area contributed by atoms with Crippen molar-refractivity contribution >= 4 is 30.6 Å². The molecule has 0 spiro atoms. The lowest BCUT2D eigenvalue weighted by Crippen LogP contribution is -2.27. The molecule has 0 aliphatic heterocycles. The first-order valence-corrected chi connectivity index (χ1v) is 12.1. The minimum absolute atomic E-state index is 0.554. The van der Waals surface area contributed by atoms with Gasteiger partial charge in [-0.15, -0.1) is 0 Å². The van der Waals surface area contributed by atoms with Gasteiger partial charge < -0.3 is 4.74 Å². The molecule has 1 saturated carbocycles. The van der Waals surface area contributed by atoms with Crippen LogP contribution in [0.5, 0.6) is 0 Å². The minimum atomic E-state index is -0.630. The summed E-state index contributed by atoms with van der Waals surface area (Å²) in [7, 11) is 5.03. The predicted molar refractivity (Wildman–Crippen MR) is 84.3 cm³/mol. The Bertz CT molecular complexity index is 189. The molecule has 0 radical (unpaired) electrons. The largest absolute Gasteiger partial charge is 0.385 e. The summed E-state index contributed by atoms with van der Waals surface area (Å²) in [6, 6.07) is 0.763. The average molecular weight is 294 g/mol. The number of nitrogens with one attached hydrogen (secondary N) is 1. The van der Waals surface area contributed by atoms with Crippen LogP contribution in [0.15, 0.2) is 0 Å². The summed E-state index contributed by atoms with van der Waals surface area (Å²) in [6.07, 6.45) is 8.20. The summed E-state index contributed by atoms with van der Waals surface area (Å²) >= 11 is 0. The summed E-state index contributed by atoms with van der Waals surface area (Å²) in [6.45, 7) is 4.73. The zero-order valence-electron chi connectivity index (χ0n) is 11.4. The molecule has 0 heterocycles. The van der Waals surface area contributed by atoms with E-state index in [1.54, 1.807) is 0 Å². The van der Waals surface area contributed by atoms with E-state index in [1.165, 1.54) is 44.3 Å². The van der Waals surface area contributed by atoms with E-state index < -0.39 is 8.80 Å². The summed E-state index contributed by atoms with van der Waals surface area (Å²) in [5.41, 5.74) is 0.554. The zero-order chi connectivity index (χ0) is 12.5. The first-order chi connectivity index (χ1) is 8.24. The second-order valence-corrected chi connectivity index (χ2v) is 10.6. The second kappa shape index (κ2) is 9.73. The molecule has 1 N–H and O–H groups in total. The van der Waals surface area contributed by atoms with Crippen LogP contribution in [0.4, 0.5) is 0 Å². The van der Waals surface area contributed by atoms with Gasteiger partial charge in [0.25, 0.3) is 0 Å². The van der Waals surface area contributed by atoms with E-state index in [1.807, 2.05) is 28.9 Å². The number of rotatable bonds is 8. The van der Waals surface area contributed by atoms with Crippen LogP contribution in [0.1, 0.15) is 38.5 Å². The molecule has 0 saturated heterocycles. The number of ether oxygens (including phenoxy) is 1. The van der Waals surface area contributed by atoms with Crippen molar-refractivity contribution in [1.29, 1.82) is 0 Å². The van der Waals surface area contributed by atoms with Crippen LogP contribution in [-0.2, 0) is 4.74 Å². The van der Waals surface area contributed by atoms with Crippen LogP contribution in [0, 0.1) is 0 Å². The highest BCUT2D eigenvalue weighted by Gasteiger charge is 2.14. The third kappa shape index (κ3) is 7.11. The van der Waals surface area contributed by atoms with Crippen molar-refractivity contribution in [2.24, 2.45) is 0 Å². The molecule has 1 aliphatic carbocycles. The van der Waals surface area contributed by atoms with E-state index in [0.29, 0.717) is 5.73 Å². The Balaban J connectivity index is 1.96. The first-order valence-electron chi connectivity index (χ1n) is 6.80. The average Bonchev–Trinajstić information content (AvgIpc) is 2.34. The topological polar surface area (TPSA) is 21.3 Å². The van der Waals surface area contributed by atoms with Crippen molar-refractivity contribution in [2.75, 3.05) is 12.9 Å².